The van der Waals surface area contributed by atoms with Crippen LogP contribution < -0.4 is 4.90 Å². The predicted molar refractivity (Wildman–Crippen MR) is 138 cm³/mol. The summed E-state index contributed by atoms with van der Waals surface area (Å²) in [6, 6.07) is 17.5. The number of rotatable bonds is 9. The number of piperazine rings is 1. The fraction of sp³-hybridized carbons (Fsp3) is 0.500. The van der Waals surface area contributed by atoms with E-state index >= 15 is 0 Å². The Bertz CT molecular complexity index is 776. The number of anilines is 2. The molecule has 2 aromatic rings. The number of halogens is 2. The predicted octanol–water partition coefficient (Wildman–Crippen LogP) is 4.40. The zero-order chi connectivity index (χ0) is 20.8. The highest BCUT2D eigenvalue weighted by molar-refractivity contribution is 7.99. The molecule has 1 fully saturated rings. The third-order valence-electron chi connectivity index (χ3n) is 5.85. The fourth-order valence-electron chi connectivity index (χ4n) is 4.34. The Morgan fingerprint density at radius 2 is 1.41 bits per heavy atom. The van der Waals surface area contributed by atoms with Crippen molar-refractivity contribution in [1.82, 2.24) is 9.80 Å². The molecule has 0 spiro atoms. The number of fused-ring (bicyclic) bond motifs is 2. The van der Waals surface area contributed by atoms with Gasteiger partial charge in [-0.25, -0.2) is 0 Å². The summed E-state index contributed by atoms with van der Waals surface area (Å²) in [5.74, 6) is 0.577. The average molecular weight is 501 g/mol. The van der Waals surface area contributed by atoms with Crippen molar-refractivity contribution in [1.29, 1.82) is 0 Å². The molecular weight excluding hydrogens is 465 g/mol. The molecule has 0 amide bonds. The summed E-state index contributed by atoms with van der Waals surface area (Å²) in [4.78, 5) is 10.3. The third kappa shape index (κ3) is 7.00. The molecule has 2 aliphatic rings. The van der Waals surface area contributed by atoms with E-state index in [1.165, 1.54) is 21.2 Å². The Hall–Kier alpha value is -0.990. The van der Waals surface area contributed by atoms with Crippen LogP contribution in [0.15, 0.2) is 58.3 Å². The van der Waals surface area contributed by atoms with E-state index in [0.717, 1.165) is 45.8 Å². The first kappa shape index (κ1) is 27.3. The molecule has 8 heteroatoms. The van der Waals surface area contributed by atoms with Gasteiger partial charge in [0.2, 0.25) is 0 Å². The summed E-state index contributed by atoms with van der Waals surface area (Å²) >= 11 is 1.88. The lowest BCUT2D eigenvalue weighted by atomic mass is 10.1. The second kappa shape index (κ2) is 13.7. The van der Waals surface area contributed by atoms with Crippen molar-refractivity contribution < 1.29 is 9.84 Å². The number of hydrogen-bond donors (Lipinski definition) is 1. The number of nitrogens with zero attached hydrogens (tertiary/aromatic N) is 3. The van der Waals surface area contributed by atoms with E-state index in [-0.39, 0.29) is 31.4 Å². The van der Waals surface area contributed by atoms with Gasteiger partial charge in [0.1, 0.15) is 0 Å². The molecule has 2 aliphatic heterocycles. The summed E-state index contributed by atoms with van der Waals surface area (Å²) in [6.07, 6.45) is 0. The van der Waals surface area contributed by atoms with Crippen LogP contribution in [-0.4, -0.2) is 80.5 Å². The van der Waals surface area contributed by atoms with Gasteiger partial charge in [-0.2, -0.15) is 0 Å². The molecular formula is C24H35Cl2N3O2S. The summed E-state index contributed by atoms with van der Waals surface area (Å²) < 4.78 is 5.41. The highest BCUT2D eigenvalue weighted by Crippen LogP contribution is 2.47. The van der Waals surface area contributed by atoms with E-state index in [0.29, 0.717) is 19.1 Å². The third-order valence-corrected chi connectivity index (χ3v) is 6.98. The maximum absolute atomic E-state index is 8.80. The van der Waals surface area contributed by atoms with Gasteiger partial charge in [0.15, 0.2) is 0 Å². The van der Waals surface area contributed by atoms with Crippen LogP contribution in [0.4, 0.5) is 11.4 Å². The average Bonchev–Trinajstić information content (AvgIpc) is 2.77. The normalized spacial score (nSPS) is 17.0. The zero-order valence-corrected chi connectivity index (χ0v) is 21.1. The van der Waals surface area contributed by atoms with Crippen molar-refractivity contribution >= 4 is 48.0 Å². The van der Waals surface area contributed by atoms with Gasteiger partial charge >= 0.3 is 0 Å². The largest absolute Gasteiger partial charge is 0.394 e. The van der Waals surface area contributed by atoms with Gasteiger partial charge in [0.05, 0.1) is 31.2 Å². The number of aliphatic hydroxyl groups excluding tert-OH is 1. The van der Waals surface area contributed by atoms with Gasteiger partial charge in [-0.05, 0) is 30.2 Å². The van der Waals surface area contributed by atoms with Gasteiger partial charge in [-0.1, -0.05) is 43.0 Å². The van der Waals surface area contributed by atoms with Crippen molar-refractivity contribution in [2.24, 2.45) is 5.92 Å². The summed E-state index contributed by atoms with van der Waals surface area (Å²) in [5.41, 5.74) is 2.67. The molecule has 1 atom stereocenters. The molecule has 0 aromatic heterocycles. The lowest BCUT2D eigenvalue weighted by Crippen LogP contribution is -2.49. The zero-order valence-electron chi connectivity index (χ0n) is 18.7. The van der Waals surface area contributed by atoms with Gasteiger partial charge < -0.3 is 19.6 Å². The lowest BCUT2D eigenvalue weighted by Gasteiger charge is -2.38. The second-order valence-corrected chi connectivity index (χ2v) is 9.32. The number of para-hydroxylation sites is 2. The Balaban J connectivity index is 0.00000181. The molecule has 0 saturated carbocycles. The van der Waals surface area contributed by atoms with E-state index in [1.54, 1.807) is 0 Å². The molecule has 5 nitrogen and oxygen atoms in total. The molecule has 2 heterocycles. The molecule has 2 aromatic carbocycles. The van der Waals surface area contributed by atoms with E-state index in [2.05, 4.69) is 70.2 Å². The van der Waals surface area contributed by atoms with E-state index in [1.807, 2.05) is 11.8 Å². The van der Waals surface area contributed by atoms with Crippen LogP contribution in [0.1, 0.15) is 6.92 Å². The smallest absolute Gasteiger partial charge is 0.0698 e. The Morgan fingerprint density at radius 1 is 0.844 bits per heavy atom. The number of ether oxygens (including phenoxy) is 1. The standard InChI is InChI=1S/C24H33N3O2S.2ClH/c1-20(18-26-12-10-25(11-13-26)14-16-29-17-15-28)19-27-21-6-2-4-8-23(21)30-24-9-5-3-7-22(24)27;;/h2-9,20,28H,10-19H2,1H3;2*1H. The highest BCUT2D eigenvalue weighted by Gasteiger charge is 2.25. The molecule has 32 heavy (non-hydrogen) atoms. The van der Waals surface area contributed by atoms with Crippen molar-refractivity contribution in [2.45, 2.75) is 16.7 Å². The first-order valence-corrected chi connectivity index (χ1v) is 11.8. The van der Waals surface area contributed by atoms with E-state index < -0.39 is 0 Å². The van der Waals surface area contributed by atoms with Gasteiger partial charge in [0, 0.05) is 55.6 Å². The van der Waals surface area contributed by atoms with Crippen molar-refractivity contribution in [3.05, 3.63) is 48.5 Å². The van der Waals surface area contributed by atoms with Crippen molar-refractivity contribution in [3.63, 3.8) is 0 Å². The van der Waals surface area contributed by atoms with Gasteiger partial charge in [-0.15, -0.1) is 24.8 Å². The summed E-state index contributed by atoms with van der Waals surface area (Å²) in [7, 11) is 0. The Labute approximate surface area is 208 Å². The fourth-order valence-corrected chi connectivity index (χ4v) is 5.44. The molecule has 4 rings (SSSR count). The van der Waals surface area contributed by atoms with Crippen LogP contribution >= 0.6 is 36.6 Å². The quantitative estimate of drug-likeness (QED) is 0.515. The molecule has 178 valence electrons. The minimum atomic E-state index is 0. The second-order valence-electron chi connectivity index (χ2n) is 8.23. The van der Waals surface area contributed by atoms with Crippen LogP contribution in [0.25, 0.3) is 0 Å². The van der Waals surface area contributed by atoms with Crippen molar-refractivity contribution in [3.8, 4) is 0 Å². The van der Waals surface area contributed by atoms with E-state index in [4.69, 9.17) is 9.84 Å². The van der Waals surface area contributed by atoms with Gasteiger partial charge in [-0.3, -0.25) is 4.90 Å². The van der Waals surface area contributed by atoms with Gasteiger partial charge in [0.25, 0.3) is 0 Å². The molecule has 0 bridgehead atoms. The number of benzene rings is 2. The Kier molecular flexibility index (Phi) is 11.6. The van der Waals surface area contributed by atoms with Crippen molar-refractivity contribution in [2.75, 3.05) is 70.5 Å². The van der Waals surface area contributed by atoms with Crippen LogP contribution in [-0.2, 0) is 4.74 Å². The molecule has 0 aliphatic carbocycles. The number of aliphatic hydroxyl groups is 1. The first-order valence-electron chi connectivity index (χ1n) is 11.0. The van der Waals surface area contributed by atoms with Crippen LogP contribution in [0.5, 0.6) is 0 Å². The molecule has 1 unspecified atom stereocenters. The Morgan fingerprint density at radius 3 is 2.00 bits per heavy atom. The minimum absolute atomic E-state index is 0. The minimum Gasteiger partial charge on any atom is -0.394 e. The first-order chi connectivity index (χ1) is 14.7. The number of hydrogen-bond acceptors (Lipinski definition) is 6. The van der Waals surface area contributed by atoms with E-state index in [9.17, 15) is 0 Å². The summed E-state index contributed by atoms with van der Waals surface area (Å²) in [6.45, 7) is 11.2. The summed E-state index contributed by atoms with van der Waals surface area (Å²) in [5, 5.41) is 8.80. The SMILES string of the molecule is CC(CN1CCN(CCOCCO)CC1)CN1c2ccccc2Sc2ccccc21.Cl.Cl. The van der Waals surface area contributed by atoms with Crippen LogP contribution in [0.2, 0.25) is 0 Å². The molecule has 1 saturated heterocycles. The molecule has 0 radical (unpaired) electrons. The topological polar surface area (TPSA) is 39.2 Å². The lowest BCUT2D eigenvalue weighted by molar-refractivity contribution is 0.0555. The van der Waals surface area contributed by atoms with Crippen LogP contribution in [0.3, 0.4) is 0 Å². The van der Waals surface area contributed by atoms with Crippen LogP contribution in [0, 0.1) is 5.92 Å². The monoisotopic (exact) mass is 499 g/mol. The molecule has 1 N–H and O–H groups in total. The maximum Gasteiger partial charge on any atom is 0.0698 e. The maximum atomic E-state index is 8.80. The highest BCUT2D eigenvalue weighted by atomic mass is 35.5.